The normalized spacial score (nSPS) is 12.7. The molecule has 0 bridgehead atoms. The van der Waals surface area contributed by atoms with E-state index in [-0.39, 0.29) is 37.0 Å². The highest BCUT2D eigenvalue weighted by Crippen LogP contribution is 2.34. The van der Waals surface area contributed by atoms with Gasteiger partial charge in [-0.25, -0.2) is 0 Å². The van der Waals surface area contributed by atoms with Crippen LogP contribution in [0.5, 0.6) is 0 Å². The number of ether oxygens (including phenoxy) is 1. The minimum Gasteiger partial charge on any atom is -0.481 e. The van der Waals surface area contributed by atoms with E-state index in [1.807, 2.05) is 54.6 Å². The molecule has 11 nitrogen and oxygen atoms in total. The zero-order valence-electron chi connectivity index (χ0n) is 34.2. The van der Waals surface area contributed by atoms with Crippen LogP contribution in [0.1, 0.15) is 79.9 Å². The first-order chi connectivity index (χ1) is 29.8. The largest absolute Gasteiger partial charge is 0.481 e. The lowest BCUT2D eigenvalue weighted by Gasteiger charge is -2.29. The van der Waals surface area contributed by atoms with Gasteiger partial charge < -0.3 is 30.3 Å². The second-order valence-corrected chi connectivity index (χ2v) is 15.9. The quantitative estimate of drug-likeness (QED) is 0.0581. The van der Waals surface area contributed by atoms with Crippen LogP contribution >= 0.6 is 11.8 Å². The number of nitrogens with zero attached hydrogens (tertiary/aromatic N) is 3. The number of amides is 3. The summed E-state index contributed by atoms with van der Waals surface area (Å²) in [5.41, 5.74) is 4.11. The summed E-state index contributed by atoms with van der Waals surface area (Å²) in [4.78, 5) is 60.3. The summed E-state index contributed by atoms with van der Waals surface area (Å²) in [6.07, 6.45) is 0.760. The summed E-state index contributed by atoms with van der Waals surface area (Å²) in [6.45, 7) is 2.60. The van der Waals surface area contributed by atoms with Gasteiger partial charge in [0.05, 0.1) is 30.0 Å². The summed E-state index contributed by atoms with van der Waals surface area (Å²) < 4.78 is 45.1. The lowest BCUT2D eigenvalue weighted by Crippen LogP contribution is -2.29. The number of benzene rings is 4. The Bertz CT molecular complexity index is 2370. The molecule has 3 amide bonds. The van der Waals surface area contributed by atoms with Crippen molar-refractivity contribution < 1.29 is 42.2 Å². The van der Waals surface area contributed by atoms with Gasteiger partial charge in [0, 0.05) is 84.6 Å². The number of carboxylic acids is 1. The first-order valence-corrected chi connectivity index (χ1v) is 21.3. The topological polar surface area (TPSA) is 141 Å². The smallest absolute Gasteiger partial charge is 0.416 e. The van der Waals surface area contributed by atoms with Crippen LogP contribution in [0.4, 0.5) is 24.5 Å². The minimum absolute atomic E-state index is 0.0630. The average Bonchev–Trinajstić information content (AvgIpc) is 3.28. The van der Waals surface area contributed by atoms with Crippen molar-refractivity contribution in [1.82, 2.24) is 15.2 Å². The Kier molecular flexibility index (Phi) is 15.8. The fourth-order valence-corrected chi connectivity index (χ4v) is 7.83. The first-order valence-electron chi connectivity index (χ1n) is 20.3. The van der Waals surface area contributed by atoms with Crippen LogP contribution in [0.2, 0.25) is 0 Å². The number of pyridine rings is 1. The molecule has 0 atom stereocenters. The van der Waals surface area contributed by atoms with Gasteiger partial charge in [0.2, 0.25) is 0 Å². The van der Waals surface area contributed by atoms with E-state index in [0.717, 1.165) is 60.6 Å². The van der Waals surface area contributed by atoms with Crippen LogP contribution in [-0.2, 0) is 28.0 Å². The maximum atomic E-state index is 13.9. The van der Waals surface area contributed by atoms with Gasteiger partial charge in [0.15, 0.2) is 0 Å². The molecule has 1 aliphatic rings. The van der Waals surface area contributed by atoms with Crippen molar-refractivity contribution in [2.45, 2.75) is 55.5 Å². The Morgan fingerprint density at radius 1 is 0.823 bits per heavy atom. The van der Waals surface area contributed by atoms with Gasteiger partial charge in [-0.3, -0.25) is 24.2 Å². The van der Waals surface area contributed by atoms with Crippen molar-refractivity contribution in [2.24, 2.45) is 0 Å². The molecule has 0 spiro atoms. The Morgan fingerprint density at radius 3 is 2.35 bits per heavy atom. The standard InChI is InChI=1S/C47H48F3N5O6S/c1-54(20-8-23-61-24-18-43(56)57)46(60)36-12-7-14-39(27-36)62-31-33-10-5-11-34(25-33)45(59)53-41-16-15-38(55-21-3-2-4-22-55)29-40(41)42-28-35(17-19-51-42)44(58)52-30-32-9-6-13-37(26-32)47(48,49)50/h5-7,9-17,19,25-29H,2-4,8,18,20-24,30-31H2,1H3,(H,52,58)(H,53,59)(H,56,57). The number of carbonyl (C=O) groups is 4. The molecule has 1 fully saturated rings. The molecule has 0 saturated carbocycles. The molecule has 62 heavy (non-hydrogen) atoms. The van der Waals surface area contributed by atoms with Gasteiger partial charge in [-0.05, 0) is 110 Å². The van der Waals surface area contributed by atoms with E-state index >= 15 is 0 Å². The van der Waals surface area contributed by atoms with Gasteiger partial charge in [-0.2, -0.15) is 13.2 Å². The summed E-state index contributed by atoms with van der Waals surface area (Å²) >= 11 is 1.53. The predicted molar refractivity (Wildman–Crippen MR) is 233 cm³/mol. The SMILES string of the molecule is CN(CCCOCCC(=O)O)C(=O)c1cccc(SCc2cccc(C(=O)Nc3ccc(N4CCCCC4)cc3-c3cc(C(=O)NCc4cccc(C(F)(F)F)c4)ccn3)c2)c1. The van der Waals surface area contributed by atoms with Crippen molar-refractivity contribution in [3.63, 3.8) is 0 Å². The molecule has 1 aliphatic heterocycles. The molecule has 6 rings (SSSR count). The maximum absolute atomic E-state index is 13.9. The molecule has 1 saturated heterocycles. The highest BCUT2D eigenvalue weighted by atomic mass is 32.2. The predicted octanol–water partition coefficient (Wildman–Crippen LogP) is 9.19. The van der Waals surface area contributed by atoms with E-state index in [2.05, 4.69) is 20.5 Å². The van der Waals surface area contributed by atoms with E-state index in [4.69, 9.17) is 9.84 Å². The number of piperidine rings is 1. The van der Waals surface area contributed by atoms with Crippen molar-refractivity contribution in [1.29, 1.82) is 0 Å². The fourth-order valence-electron chi connectivity index (χ4n) is 6.93. The van der Waals surface area contributed by atoms with Gasteiger partial charge in [-0.1, -0.05) is 30.3 Å². The molecule has 0 aliphatic carbocycles. The number of aliphatic carboxylic acids is 1. The highest BCUT2D eigenvalue weighted by Gasteiger charge is 2.30. The summed E-state index contributed by atoms with van der Waals surface area (Å²) in [6, 6.07) is 28.3. The number of carboxylic acid groups (broad SMARTS) is 1. The minimum atomic E-state index is -4.50. The van der Waals surface area contributed by atoms with Crippen molar-refractivity contribution >= 4 is 46.8 Å². The van der Waals surface area contributed by atoms with Crippen molar-refractivity contribution in [2.75, 3.05) is 50.1 Å². The molecule has 1 aromatic heterocycles. The first kappa shape index (κ1) is 45.3. The average molecular weight is 868 g/mol. The molecule has 15 heteroatoms. The third kappa shape index (κ3) is 12.9. The summed E-state index contributed by atoms with van der Waals surface area (Å²) in [7, 11) is 1.71. The van der Waals surface area contributed by atoms with E-state index in [0.29, 0.717) is 59.0 Å². The number of thioether (sulfide) groups is 1. The maximum Gasteiger partial charge on any atom is 0.416 e. The number of nitrogens with one attached hydrogen (secondary N) is 2. The zero-order chi connectivity index (χ0) is 44.1. The summed E-state index contributed by atoms with van der Waals surface area (Å²) in [5, 5.41) is 14.5. The number of hydrogen-bond acceptors (Lipinski definition) is 8. The molecule has 0 unspecified atom stereocenters. The zero-order valence-corrected chi connectivity index (χ0v) is 35.1. The Hall–Kier alpha value is -6.19. The van der Waals surface area contributed by atoms with Crippen LogP contribution in [0, 0.1) is 0 Å². The van der Waals surface area contributed by atoms with Crippen molar-refractivity contribution in [3.05, 3.63) is 143 Å². The number of aromatic nitrogens is 1. The molecule has 3 N–H and O–H groups in total. The van der Waals surface area contributed by atoms with Crippen LogP contribution in [0.25, 0.3) is 11.3 Å². The van der Waals surface area contributed by atoms with Gasteiger partial charge in [0.25, 0.3) is 17.7 Å². The molecular weight excluding hydrogens is 820 g/mol. The van der Waals surface area contributed by atoms with E-state index in [1.54, 1.807) is 30.1 Å². The van der Waals surface area contributed by atoms with Gasteiger partial charge in [-0.15, -0.1) is 11.8 Å². The number of rotatable bonds is 18. The molecule has 0 radical (unpaired) electrons. The number of halogens is 3. The van der Waals surface area contributed by atoms with E-state index in [1.165, 1.54) is 36.2 Å². The molecule has 4 aromatic carbocycles. The Morgan fingerprint density at radius 2 is 1.56 bits per heavy atom. The van der Waals surface area contributed by atoms with Crippen LogP contribution in [-0.4, -0.2) is 78.6 Å². The fraction of sp³-hybridized carbons (Fsp3) is 0.298. The van der Waals surface area contributed by atoms with Crippen LogP contribution in [0.15, 0.2) is 114 Å². The van der Waals surface area contributed by atoms with Crippen LogP contribution < -0.4 is 15.5 Å². The monoisotopic (exact) mass is 867 g/mol. The second-order valence-electron chi connectivity index (χ2n) is 14.9. The molecule has 5 aromatic rings. The van der Waals surface area contributed by atoms with E-state index < -0.39 is 23.6 Å². The number of hydrogen-bond donors (Lipinski definition) is 3. The van der Waals surface area contributed by atoms with E-state index in [9.17, 15) is 32.3 Å². The lowest BCUT2D eigenvalue weighted by atomic mass is 10.0. The third-order valence-electron chi connectivity index (χ3n) is 10.2. The second kappa shape index (κ2) is 21.6. The number of carbonyl (C=O) groups excluding carboxylic acids is 3. The van der Waals surface area contributed by atoms with Crippen molar-refractivity contribution in [3.8, 4) is 11.3 Å². The van der Waals surface area contributed by atoms with Crippen LogP contribution in [0.3, 0.4) is 0 Å². The molecule has 2 heterocycles. The molecular formula is C47H48F3N5O6S. The van der Waals surface area contributed by atoms with Gasteiger partial charge >= 0.3 is 12.1 Å². The highest BCUT2D eigenvalue weighted by molar-refractivity contribution is 7.98. The molecule has 324 valence electrons. The Balaban J connectivity index is 1.13. The number of alkyl halides is 3. The summed E-state index contributed by atoms with van der Waals surface area (Å²) in [5.74, 6) is -1.36. The van der Waals surface area contributed by atoms with Gasteiger partial charge in [0.1, 0.15) is 0 Å². The third-order valence-corrected chi connectivity index (χ3v) is 11.3. The Labute approximate surface area is 362 Å². The lowest BCUT2D eigenvalue weighted by molar-refractivity contribution is -0.138. The number of anilines is 2.